The topological polar surface area (TPSA) is 126 Å². The number of hydrazone groups is 1. The molecule has 3 rings (SSSR count). The minimum absolute atomic E-state index is 0.0388. The van der Waals surface area contributed by atoms with Gasteiger partial charge < -0.3 is 20.1 Å². The van der Waals surface area contributed by atoms with Crippen molar-refractivity contribution in [3.05, 3.63) is 40.1 Å². The first-order chi connectivity index (χ1) is 15.7. The van der Waals surface area contributed by atoms with Gasteiger partial charge in [-0.3, -0.25) is 4.79 Å². The molecule has 2 heterocycles. The summed E-state index contributed by atoms with van der Waals surface area (Å²) in [7, 11) is 0. The molecule has 0 saturated heterocycles. The molecule has 0 saturated carbocycles. The van der Waals surface area contributed by atoms with E-state index in [0.717, 1.165) is 10.6 Å². The molecule has 0 aromatic heterocycles. The Hall–Kier alpha value is -3.40. The van der Waals surface area contributed by atoms with E-state index in [2.05, 4.69) is 15.7 Å². The van der Waals surface area contributed by atoms with Crippen molar-refractivity contribution >= 4 is 46.9 Å². The summed E-state index contributed by atoms with van der Waals surface area (Å²) in [6.45, 7) is 5.10. The molecule has 33 heavy (non-hydrogen) atoms. The van der Waals surface area contributed by atoms with Crippen LogP contribution in [0.25, 0.3) is 0 Å². The number of urea groups is 1. The zero-order valence-corrected chi connectivity index (χ0v) is 19.3. The van der Waals surface area contributed by atoms with Gasteiger partial charge in [-0.25, -0.2) is 19.4 Å². The number of hydrogen-bond donors (Lipinski definition) is 2. The molecule has 1 aromatic rings. The van der Waals surface area contributed by atoms with E-state index in [-0.39, 0.29) is 48.9 Å². The quantitative estimate of drug-likeness (QED) is 0.582. The maximum absolute atomic E-state index is 12.7. The number of ether oxygens (including phenoxy) is 2. The highest BCUT2D eigenvalue weighted by Crippen LogP contribution is 2.26. The first-order valence-corrected chi connectivity index (χ1v) is 10.9. The van der Waals surface area contributed by atoms with E-state index in [9.17, 15) is 19.2 Å². The van der Waals surface area contributed by atoms with Gasteiger partial charge in [-0.1, -0.05) is 24.6 Å². The number of anilines is 1. The fourth-order valence-corrected chi connectivity index (χ4v) is 3.59. The lowest BCUT2D eigenvalue weighted by molar-refractivity contribution is -0.140. The first-order valence-electron chi connectivity index (χ1n) is 10.6. The second-order valence-electron chi connectivity index (χ2n) is 7.43. The molecule has 1 atom stereocenters. The smallest absolute Gasteiger partial charge is 0.354 e. The molecule has 0 unspecified atom stereocenters. The average Bonchev–Trinajstić information content (AvgIpc) is 2.79. The van der Waals surface area contributed by atoms with Crippen LogP contribution in [0.4, 0.5) is 10.5 Å². The van der Waals surface area contributed by atoms with E-state index in [1.54, 1.807) is 32.0 Å². The molecule has 0 fully saturated rings. The Bertz CT molecular complexity index is 1050. The molecule has 10 nitrogen and oxygen atoms in total. The summed E-state index contributed by atoms with van der Waals surface area (Å²) in [5.41, 5.74) is 1.66. The number of halogens is 1. The summed E-state index contributed by atoms with van der Waals surface area (Å²) >= 11 is 6.15. The van der Waals surface area contributed by atoms with Crippen LogP contribution in [0.15, 0.2) is 34.6 Å². The highest BCUT2D eigenvalue weighted by Gasteiger charge is 2.33. The molecule has 1 aromatic carbocycles. The van der Waals surface area contributed by atoms with Gasteiger partial charge in [0, 0.05) is 17.9 Å². The van der Waals surface area contributed by atoms with Crippen molar-refractivity contribution < 1.29 is 28.7 Å². The van der Waals surface area contributed by atoms with Crippen LogP contribution in [-0.2, 0) is 23.9 Å². The Labute approximate surface area is 195 Å². The van der Waals surface area contributed by atoms with Crippen molar-refractivity contribution in [2.75, 3.05) is 18.2 Å². The monoisotopic (exact) mass is 476 g/mol. The zero-order valence-electron chi connectivity index (χ0n) is 18.6. The van der Waals surface area contributed by atoms with E-state index >= 15 is 0 Å². The van der Waals surface area contributed by atoms with Crippen LogP contribution >= 0.6 is 11.6 Å². The lowest BCUT2D eigenvalue weighted by atomic mass is 10.0. The van der Waals surface area contributed by atoms with Crippen molar-refractivity contribution in [1.29, 1.82) is 0 Å². The van der Waals surface area contributed by atoms with E-state index < -0.39 is 24.0 Å². The van der Waals surface area contributed by atoms with Crippen LogP contribution in [0.3, 0.4) is 0 Å². The molecule has 0 bridgehead atoms. The largest absolute Gasteiger partial charge is 0.463 e. The number of benzene rings is 1. The van der Waals surface area contributed by atoms with E-state index in [0.29, 0.717) is 17.1 Å². The molecule has 2 N–H and O–H groups in total. The van der Waals surface area contributed by atoms with Crippen LogP contribution < -0.4 is 15.6 Å². The van der Waals surface area contributed by atoms with Crippen LogP contribution in [0.5, 0.6) is 0 Å². The van der Waals surface area contributed by atoms with E-state index in [1.807, 2.05) is 6.92 Å². The predicted molar refractivity (Wildman–Crippen MR) is 121 cm³/mol. The number of esters is 2. The molecular weight excluding hydrogens is 452 g/mol. The minimum Gasteiger partial charge on any atom is -0.463 e. The number of nitrogens with zero attached hydrogens (tertiary/aromatic N) is 2. The average molecular weight is 477 g/mol. The first kappa shape index (κ1) is 24.2. The highest BCUT2D eigenvalue weighted by atomic mass is 35.5. The van der Waals surface area contributed by atoms with Gasteiger partial charge in [0.2, 0.25) is 5.91 Å². The van der Waals surface area contributed by atoms with E-state index in [4.69, 9.17) is 21.1 Å². The van der Waals surface area contributed by atoms with Gasteiger partial charge in [0.1, 0.15) is 12.3 Å². The third-order valence-electron chi connectivity index (χ3n) is 5.16. The normalized spacial score (nSPS) is 18.4. The Kier molecular flexibility index (Phi) is 7.70. The number of rotatable bonds is 7. The van der Waals surface area contributed by atoms with Crippen molar-refractivity contribution in [3.8, 4) is 0 Å². The van der Waals surface area contributed by atoms with Crippen molar-refractivity contribution in [2.24, 2.45) is 5.10 Å². The Morgan fingerprint density at radius 1 is 1.18 bits per heavy atom. The molecule has 0 spiro atoms. The van der Waals surface area contributed by atoms with Crippen LogP contribution in [0.2, 0.25) is 5.02 Å². The van der Waals surface area contributed by atoms with Crippen molar-refractivity contribution in [2.45, 2.75) is 46.1 Å². The molecule has 2 aliphatic rings. The summed E-state index contributed by atoms with van der Waals surface area (Å²) in [5.74, 6) is -1.65. The molecule has 0 radical (unpaired) electrons. The highest BCUT2D eigenvalue weighted by molar-refractivity contribution is 6.38. The molecule has 176 valence electrons. The van der Waals surface area contributed by atoms with E-state index in [1.165, 1.54) is 0 Å². The summed E-state index contributed by atoms with van der Waals surface area (Å²) in [4.78, 5) is 49.5. The van der Waals surface area contributed by atoms with Crippen LogP contribution in [-0.4, -0.2) is 48.8 Å². The predicted octanol–water partition coefficient (Wildman–Crippen LogP) is 2.58. The molecule has 2 aliphatic heterocycles. The minimum atomic E-state index is -0.762. The van der Waals surface area contributed by atoms with Gasteiger partial charge in [0.15, 0.2) is 0 Å². The molecule has 11 heteroatoms. The zero-order chi connectivity index (χ0) is 24.1. The SMILES string of the molecule is CCOC(=O)C1=C(COC(=O)C2=NN(c3ccc(C)c(Cl)c3)C(=O)CC2)NC(=O)N[C@H]1CC. The maximum atomic E-state index is 12.7. The number of amides is 3. The van der Waals surface area contributed by atoms with Gasteiger partial charge in [-0.15, -0.1) is 0 Å². The Morgan fingerprint density at radius 3 is 2.61 bits per heavy atom. The lowest BCUT2D eigenvalue weighted by Gasteiger charge is -2.28. The van der Waals surface area contributed by atoms with Gasteiger partial charge in [-0.2, -0.15) is 5.10 Å². The fourth-order valence-electron chi connectivity index (χ4n) is 3.41. The second-order valence-corrected chi connectivity index (χ2v) is 7.84. The maximum Gasteiger partial charge on any atom is 0.354 e. The number of nitrogens with one attached hydrogen (secondary N) is 2. The van der Waals surface area contributed by atoms with Gasteiger partial charge in [-0.05, 0) is 38.0 Å². The number of aryl methyl sites for hydroxylation is 1. The van der Waals surface area contributed by atoms with Crippen molar-refractivity contribution in [3.63, 3.8) is 0 Å². The summed E-state index contributed by atoms with van der Waals surface area (Å²) in [6.07, 6.45) is 0.611. The lowest BCUT2D eigenvalue weighted by Crippen LogP contribution is -2.51. The summed E-state index contributed by atoms with van der Waals surface area (Å²) in [5, 5.41) is 10.9. The van der Waals surface area contributed by atoms with Gasteiger partial charge >= 0.3 is 18.0 Å². The second kappa shape index (κ2) is 10.5. The third-order valence-corrected chi connectivity index (χ3v) is 5.57. The standard InChI is InChI=1S/C22H25ClN4O6/c1-4-15-19(21(30)32-5-2)17(25-22(31)24-15)11-33-20(29)16-8-9-18(28)27(26-16)13-7-6-12(3)14(23)10-13/h6-7,10,15H,4-5,8-9,11H2,1-3H3,(H2,24,25,31)/t15-/m0/s1. The van der Waals surface area contributed by atoms with Crippen LogP contribution in [0.1, 0.15) is 38.7 Å². The summed E-state index contributed by atoms with van der Waals surface area (Å²) in [6, 6.07) is 3.95. The van der Waals surface area contributed by atoms with Gasteiger partial charge in [0.05, 0.1) is 29.6 Å². The Morgan fingerprint density at radius 2 is 1.94 bits per heavy atom. The summed E-state index contributed by atoms with van der Waals surface area (Å²) < 4.78 is 10.4. The molecule has 0 aliphatic carbocycles. The van der Waals surface area contributed by atoms with Crippen molar-refractivity contribution in [1.82, 2.24) is 10.6 Å². The number of hydrogen-bond acceptors (Lipinski definition) is 7. The third kappa shape index (κ3) is 5.51. The number of carbonyl (C=O) groups excluding carboxylic acids is 4. The van der Waals surface area contributed by atoms with Crippen LogP contribution in [0, 0.1) is 6.92 Å². The Balaban J connectivity index is 1.80. The molecule has 3 amide bonds. The van der Waals surface area contributed by atoms with Gasteiger partial charge in [0.25, 0.3) is 0 Å². The number of carbonyl (C=O) groups is 4. The molecular formula is C22H25ClN4O6. The fraction of sp³-hybridized carbons (Fsp3) is 0.409.